The van der Waals surface area contributed by atoms with Crippen LogP contribution in [0.25, 0.3) is 11.0 Å². The van der Waals surface area contributed by atoms with Crippen molar-refractivity contribution in [3.8, 4) is 0 Å². The molecule has 21 heavy (non-hydrogen) atoms. The fraction of sp³-hybridized carbons (Fsp3) is 0.357. The minimum atomic E-state index is -2.59. The molecule has 1 aromatic carbocycles. The van der Waals surface area contributed by atoms with Gasteiger partial charge in [-0.05, 0) is 25.0 Å². The van der Waals surface area contributed by atoms with Crippen molar-refractivity contribution in [3.63, 3.8) is 0 Å². The van der Waals surface area contributed by atoms with Crippen LogP contribution in [0.1, 0.15) is 12.8 Å². The highest BCUT2D eigenvalue weighted by Crippen LogP contribution is 2.40. The van der Waals surface area contributed by atoms with E-state index in [1.165, 1.54) is 4.57 Å². The Morgan fingerprint density at radius 2 is 2.10 bits per heavy atom. The van der Waals surface area contributed by atoms with Gasteiger partial charge in [-0.25, -0.2) is 13.8 Å². The highest BCUT2D eigenvalue weighted by molar-refractivity contribution is 5.80. The summed E-state index contributed by atoms with van der Waals surface area (Å²) in [5, 5.41) is 2.34. The number of para-hydroxylation sites is 2. The van der Waals surface area contributed by atoms with Crippen molar-refractivity contribution in [2.75, 3.05) is 0 Å². The first-order valence-electron chi connectivity index (χ1n) is 6.56. The van der Waals surface area contributed by atoms with E-state index in [9.17, 15) is 18.4 Å². The van der Waals surface area contributed by atoms with Crippen LogP contribution in [-0.4, -0.2) is 27.4 Å². The maximum absolute atomic E-state index is 12.8. The molecule has 0 radical (unpaired) electrons. The summed E-state index contributed by atoms with van der Waals surface area (Å²) in [5.41, 5.74) is -0.767. The number of fused-ring (bicyclic) bond motifs is 1. The lowest BCUT2D eigenvalue weighted by atomic mass is 10.2. The summed E-state index contributed by atoms with van der Waals surface area (Å²) in [6, 6.07) is 6.86. The SMILES string of the molecule is O=C(Cn1c(=O)cnc2ccccc21)NC1(C(F)F)CC1. The van der Waals surface area contributed by atoms with Gasteiger partial charge in [-0.3, -0.25) is 14.2 Å². The van der Waals surface area contributed by atoms with Crippen LogP contribution in [0.4, 0.5) is 8.78 Å². The molecule has 1 N–H and O–H groups in total. The van der Waals surface area contributed by atoms with Crippen LogP contribution >= 0.6 is 0 Å². The van der Waals surface area contributed by atoms with Crippen LogP contribution in [0, 0.1) is 0 Å². The number of aromatic nitrogens is 2. The maximum Gasteiger partial charge on any atom is 0.269 e. The fourth-order valence-corrected chi connectivity index (χ4v) is 2.27. The van der Waals surface area contributed by atoms with Gasteiger partial charge in [-0.1, -0.05) is 12.1 Å². The van der Waals surface area contributed by atoms with Gasteiger partial charge in [0, 0.05) is 0 Å². The third kappa shape index (κ3) is 2.51. The Balaban J connectivity index is 1.87. The first kappa shape index (κ1) is 13.7. The highest BCUT2D eigenvalue weighted by atomic mass is 19.3. The van der Waals surface area contributed by atoms with Gasteiger partial charge in [0.25, 0.3) is 12.0 Å². The number of hydrogen-bond donors (Lipinski definition) is 1. The van der Waals surface area contributed by atoms with Gasteiger partial charge in [0.2, 0.25) is 5.91 Å². The number of rotatable bonds is 4. The summed E-state index contributed by atoms with van der Waals surface area (Å²) in [6.07, 6.45) is -0.937. The molecule has 1 saturated carbocycles. The molecule has 3 rings (SSSR count). The van der Waals surface area contributed by atoms with E-state index in [1.807, 2.05) is 0 Å². The maximum atomic E-state index is 12.8. The van der Waals surface area contributed by atoms with Crippen LogP contribution in [0.3, 0.4) is 0 Å². The number of carbonyl (C=O) groups is 1. The van der Waals surface area contributed by atoms with E-state index in [0.29, 0.717) is 11.0 Å². The number of carbonyl (C=O) groups excluding carboxylic acids is 1. The van der Waals surface area contributed by atoms with Gasteiger partial charge in [0.15, 0.2) is 0 Å². The van der Waals surface area contributed by atoms with Crippen molar-refractivity contribution in [2.24, 2.45) is 0 Å². The number of amides is 1. The molecule has 0 unspecified atom stereocenters. The topological polar surface area (TPSA) is 64.0 Å². The summed E-state index contributed by atoms with van der Waals surface area (Å²) in [7, 11) is 0. The lowest BCUT2D eigenvalue weighted by Crippen LogP contribution is -2.44. The summed E-state index contributed by atoms with van der Waals surface area (Å²) in [4.78, 5) is 27.8. The van der Waals surface area contributed by atoms with Crippen molar-refractivity contribution < 1.29 is 13.6 Å². The second-order valence-corrected chi connectivity index (χ2v) is 5.18. The van der Waals surface area contributed by atoms with E-state index in [2.05, 4.69) is 10.3 Å². The minimum absolute atomic E-state index is 0.266. The van der Waals surface area contributed by atoms with E-state index < -0.39 is 23.4 Å². The van der Waals surface area contributed by atoms with Crippen LogP contribution in [-0.2, 0) is 11.3 Å². The van der Waals surface area contributed by atoms with E-state index >= 15 is 0 Å². The fourth-order valence-electron chi connectivity index (χ4n) is 2.27. The largest absolute Gasteiger partial charge is 0.343 e. The number of nitrogens with one attached hydrogen (secondary N) is 1. The van der Waals surface area contributed by atoms with E-state index in [-0.39, 0.29) is 19.4 Å². The Kier molecular flexibility index (Phi) is 3.19. The van der Waals surface area contributed by atoms with Crippen LogP contribution in [0.2, 0.25) is 0 Å². The number of hydrogen-bond acceptors (Lipinski definition) is 3. The van der Waals surface area contributed by atoms with Gasteiger partial charge in [-0.2, -0.15) is 0 Å². The molecule has 1 aliphatic rings. The highest BCUT2D eigenvalue weighted by Gasteiger charge is 2.52. The molecule has 0 saturated heterocycles. The zero-order chi connectivity index (χ0) is 15.0. The van der Waals surface area contributed by atoms with Gasteiger partial charge in [0.1, 0.15) is 12.1 Å². The number of nitrogens with zero attached hydrogens (tertiary/aromatic N) is 2. The van der Waals surface area contributed by atoms with Crippen molar-refractivity contribution >= 4 is 16.9 Å². The second-order valence-electron chi connectivity index (χ2n) is 5.18. The summed E-state index contributed by atoms with van der Waals surface area (Å²) < 4.78 is 26.9. The number of halogens is 2. The monoisotopic (exact) mass is 293 g/mol. The number of alkyl halides is 2. The van der Waals surface area contributed by atoms with Gasteiger partial charge >= 0.3 is 0 Å². The molecule has 1 heterocycles. The molecule has 0 bridgehead atoms. The standard InChI is InChI=1S/C14H13F2N3O2/c15-13(16)14(5-6-14)18-11(20)8-19-10-4-2-1-3-9(10)17-7-12(19)21/h1-4,7,13H,5-6,8H2,(H,18,20). The average molecular weight is 293 g/mol. The molecule has 1 fully saturated rings. The molecular formula is C14H13F2N3O2. The zero-order valence-electron chi connectivity index (χ0n) is 11.1. The Labute approximate surface area is 118 Å². The van der Waals surface area contributed by atoms with Crippen molar-refractivity contribution in [2.45, 2.75) is 31.4 Å². The molecule has 7 heteroatoms. The Bertz CT molecular complexity index is 753. The van der Waals surface area contributed by atoms with E-state index in [0.717, 1.165) is 6.20 Å². The van der Waals surface area contributed by atoms with Crippen molar-refractivity contribution in [3.05, 3.63) is 40.8 Å². The molecule has 2 aromatic rings. The normalized spacial score (nSPS) is 16.1. The molecule has 0 atom stereocenters. The molecule has 1 aromatic heterocycles. The van der Waals surface area contributed by atoms with Gasteiger partial charge in [-0.15, -0.1) is 0 Å². The predicted molar refractivity (Wildman–Crippen MR) is 72.1 cm³/mol. The molecule has 0 aliphatic heterocycles. The molecule has 1 amide bonds. The predicted octanol–water partition coefficient (Wildman–Crippen LogP) is 1.31. The summed E-state index contributed by atoms with van der Waals surface area (Å²) >= 11 is 0. The molecular weight excluding hydrogens is 280 g/mol. The lowest BCUT2D eigenvalue weighted by molar-refractivity contribution is -0.124. The van der Waals surface area contributed by atoms with Gasteiger partial charge in [0.05, 0.1) is 17.2 Å². The Morgan fingerprint density at radius 1 is 1.38 bits per heavy atom. The second kappa shape index (κ2) is 4.91. The molecule has 1 aliphatic carbocycles. The van der Waals surface area contributed by atoms with Crippen LogP contribution in [0.5, 0.6) is 0 Å². The van der Waals surface area contributed by atoms with Crippen molar-refractivity contribution in [1.82, 2.24) is 14.9 Å². The quantitative estimate of drug-likeness (QED) is 0.924. The van der Waals surface area contributed by atoms with Crippen LogP contribution in [0.15, 0.2) is 35.3 Å². The van der Waals surface area contributed by atoms with E-state index in [4.69, 9.17) is 0 Å². The average Bonchev–Trinajstić information content (AvgIpc) is 3.23. The Morgan fingerprint density at radius 3 is 2.76 bits per heavy atom. The lowest BCUT2D eigenvalue weighted by Gasteiger charge is -2.17. The first-order chi connectivity index (χ1) is 10.0. The molecule has 0 spiro atoms. The van der Waals surface area contributed by atoms with E-state index in [1.54, 1.807) is 24.3 Å². The summed E-state index contributed by atoms with van der Waals surface area (Å²) in [6.45, 7) is -0.295. The van der Waals surface area contributed by atoms with Gasteiger partial charge < -0.3 is 5.32 Å². The first-order valence-corrected chi connectivity index (χ1v) is 6.56. The molecule has 5 nitrogen and oxygen atoms in total. The Hall–Kier alpha value is -2.31. The molecule has 110 valence electrons. The third-order valence-corrected chi connectivity index (χ3v) is 3.65. The smallest absolute Gasteiger partial charge is 0.269 e. The van der Waals surface area contributed by atoms with Crippen LogP contribution < -0.4 is 10.9 Å². The third-order valence-electron chi connectivity index (χ3n) is 3.65. The number of benzene rings is 1. The minimum Gasteiger partial charge on any atom is -0.343 e. The summed E-state index contributed by atoms with van der Waals surface area (Å²) in [5.74, 6) is -0.591. The van der Waals surface area contributed by atoms with Crippen molar-refractivity contribution in [1.29, 1.82) is 0 Å². The zero-order valence-corrected chi connectivity index (χ0v) is 11.1.